The Labute approximate surface area is 132 Å². The van der Waals surface area contributed by atoms with E-state index in [1.165, 1.54) is 0 Å². The monoisotopic (exact) mass is 323 g/mol. The Balaban J connectivity index is 2.03. The van der Waals surface area contributed by atoms with Crippen LogP contribution < -0.4 is 10.6 Å². The highest BCUT2D eigenvalue weighted by molar-refractivity contribution is 6.06. The number of rotatable bonds is 2. The maximum Gasteiger partial charge on any atom is 0.240 e. The van der Waals surface area contributed by atoms with Gasteiger partial charge in [-0.2, -0.15) is 0 Å². The van der Waals surface area contributed by atoms with Crippen LogP contribution in [0, 0.1) is 23.5 Å². The first-order valence-corrected chi connectivity index (χ1v) is 7.41. The Kier molecular flexibility index (Phi) is 3.83. The van der Waals surface area contributed by atoms with Crippen molar-refractivity contribution in [2.24, 2.45) is 11.1 Å². The molecule has 1 spiro atoms. The minimum atomic E-state index is -0.984. The lowest BCUT2D eigenvalue weighted by atomic mass is 9.71. The van der Waals surface area contributed by atoms with Gasteiger partial charge in [0.1, 0.15) is 17.7 Å². The second-order valence-corrected chi connectivity index (χ2v) is 6.29. The number of primary amides is 1. The van der Waals surface area contributed by atoms with Crippen LogP contribution in [0.5, 0.6) is 0 Å². The summed E-state index contributed by atoms with van der Waals surface area (Å²) < 4.78 is 27.0. The van der Waals surface area contributed by atoms with Gasteiger partial charge in [-0.1, -0.05) is 0 Å². The quantitative estimate of drug-likeness (QED) is 0.860. The van der Waals surface area contributed by atoms with Gasteiger partial charge < -0.3 is 10.8 Å². The topological polar surface area (TPSA) is 83.6 Å². The summed E-state index contributed by atoms with van der Waals surface area (Å²) in [4.78, 5) is 25.8. The van der Waals surface area contributed by atoms with Crippen molar-refractivity contribution in [2.75, 3.05) is 4.90 Å². The first kappa shape index (κ1) is 15.9. The van der Waals surface area contributed by atoms with Crippen LogP contribution in [0.2, 0.25) is 0 Å². The van der Waals surface area contributed by atoms with Crippen LogP contribution in [0.15, 0.2) is 18.2 Å². The molecule has 1 saturated heterocycles. The molecule has 2 amide bonds. The van der Waals surface area contributed by atoms with Gasteiger partial charge in [-0.25, -0.2) is 8.78 Å². The largest absolute Gasteiger partial charge is 0.393 e. The van der Waals surface area contributed by atoms with E-state index in [4.69, 9.17) is 5.73 Å². The molecular formula is C16H17F2N2O3. The van der Waals surface area contributed by atoms with Crippen molar-refractivity contribution in [1.82, 2.24) is 0 Å². The number of aliphatic hydroxyl groups is 1. The van der Waals surface area contributed by atoms with Crippen LogP contribution >= 0.6 is 0 Å². The summed E-state index contributed by atoms with van der Waals surface area (Å²) >= 11 is 0. The average Bonchev–Trinajstić information content (AvgIpc) is 2.71. The predicted octanol–water partition coefficient (Wildman–Crippen LogP) is 1.29. The van der Waals surface area contributed by atoms with Crippen LogP contribution in [-0.4, -0.2) is 29.1 Å². The molecule has 0 aromatic heterocycles. The molecule has 2 aliphatic rings. The molecule has 123 valence electrons. The number of anilines is 1. The number of hydrogen-bond acceptors (Lipinski definition) is 3. The molecule has 3 N–H and O–H groups in total. The van der Waals surface area contributed by atoms with Crippen molar-refractivity contribution in [3.8, 4) is 0 Å². The number of hydrogen-bond donors (Lipinski definition) is 2. The fourth-order valence-electron chi connectivity index (χ4n) is 3.66. The first-order valence-electron chi connectivity index (χ1n) is 7.41. The second-order valence-electron chi connectivity index (χ2n) is 6.29. The molecule has 7 heteroatoms. The van der Waals surface area contributed by atoms with E-state index >= 15 is 0 Å². The van der Waals surface area contributed by atoms with Crippen molar-refractivity contribution in [3.63, 3.8) is 0 Å². The highest BCUT2D eigenvalue weighted by atomic mass is 19.1. The zero-order chi connectivity index (χ0) is 16.8. The molecule has 5 nitrogen and oxygen atoms in total. The third-order valence-corrected chi connectivity index (χ3v) is 4.62. The Morgan fingerprint density at radius 1 is 1.26 bits per heavy atom. The number of nitrogens with zero attached hydrogens (tertiary/aromatic N) is 1. The molecule has 1 radical (unpaired) electrons. The number of carbonyl (C=O) groups is 2. The zero-order valence-electron chi connectivity index (χ0n) is 12.3. The summed E-state index contributed by atoms with van der Waals surface area (Å²) in [6.07, 6.45) is 2.35. The third-order valence-electron chi connectivity index (χ3n) is 4.62. The Bertz CT molecular complexity index is 646. The number of nitrogens with two attached hydrogens (primary N) is 1. The fourth-order valence-corrected chi connectivity index (χ4v) is 3.66. The summed E-state index contributed by atoms with van der Waals surface area (Å²) in [6, 6.07) is 1.71. The summed E-state index contributed by atoms with van der Waals surface area (Å²) in [5.74, 6) is -2.85. The number of aliphatic hydroxyl groups excluding tert-OH is 1. The fraction of sp³-hybridized carbons (Fsp3) is 0.438. The Hall–Kier alpha value is -2.02. The number of carbonyl (C=O) groups excluding carboxylic acids is 2. The molecule has 1 saturated carbocycles. The Morgan fingerprint density at radius 3 is 2.48 bits per heavy atom. The summed E-state index contributed by atoms with van der Waals surface area (Å²) in [7, 11) is 0. The average molecular weight is 323 g/mol. The molecule has 3 rings (SSSR count). The van der Waals surface area contributed by atoms with E-state index < -0.39 is 41.0 Å². The molecule has 2 fully saturated rings. The van der Waals surface area contributed by atoms with Crippen LogP contribution in [0.3, 0.4) is 0 Å². The molecule has 1 aliphatic heterocycles. The van der Waals surface area contributed by atoms with Gasteiger partial charge in [-0.05, 0) is 44.2 Å². The Morgan fingerprint density at radius 2 is 1.91 bits per heavy atom. The van der Waals surface area contributed by atoms with Crippen molar-refractivity contribution in [3.05, 3.63) is 36.3 Å². The smallest absolute Gasteiger partial charge is 0.240 e. The summed E-state index contributed by atoms with van der Waals surface area (Å²) in [6.45, 7) is 0. The van der Waals surface area contributed by atoms with Gasteiger partial charge in [-0.15, -0.1) is 0 Å². The van der Waals surface area contributed by atoms with Gasteiger partial charge in [0.05, 0.1) is 17.2 Å². The molecule has 1 aromatic rings. The van der Waals surface area contributed by atoms with Gasteiger partial charge in [0.15, 0.2) is 0 Å². The molecule has 3 atom stereocenters. The maximum atomic E-state index is 13.5. The van der Waals surface area contributed by atoms with Crippen molar-refractivity contribution < 1.29 is 23.5 Å². The first-order chi connectivity index (χ1) is 10.8. The summed E-state index contributed by atoms with van der Waals surface area (Å²) in [5, 5.41) is 9.88. The zero-order valence-corrected chi connectivity index (χ0v) is 12.3. The van der Waals surface area contributed by atoms with Crippen LogP contribution in [0.25, 0.3) is 0 Å². The number of benzene rings is 1. The lowest BCUT2D eigenvalue weighted by Crippen LogP contribution is -2.44. The molecule has 1 heterocycles. The van der Waals surface area contributed by atoms with E-state index in [2.05, 4.69) is 0 Å². The molecule has 23 heavy (non-hydrogen) atoms. The second kappa shape index (κ2) is 5.56. The van der Waals surface area contributed by atoms with E-state index in [1.54, 1.807) is 6.42 Å². The van der Waals surface area contributed by atoms with E-state index in [1.807, 2.05) is 0 Å². The number of amides is 2. The SMILES string of the molecule is NC(=O)C1CC2(C[CH]CC(O)C2)C(=O)N1c1cc(F)cc(F)c1. The normalized spacial score (nSPS) is 30.9. The van der Waals surface area contributed by atoms with Crippen molar-refractivity contribution >= 4 is 17.5 Å². The maximum absolute atomic E-state index is 13.5. The molecule has 1 aromatic carbocycles. The molecular weight excluding hydrogens is 306 g/mol. The highest BCUT2D eigenvalue weighted by Gasteiger charge is 2.55. The van der Waals surface area contributed by atoms with E-state index in [9.17, 15) is 23.5 Å². The minimum Gasteiger partial charge on any atom is -0.393 e. The van der Waals surface area contributed by atoms with Crippen molar-refractivity contribution in [2.45, 2.75) is 37.8 Å². The standard InChI is InChI=1S/C16H17F2N2O3/c17-9-4-10(18)6-11(5-9)20-13(14(19)22)8-16(15(20)23)3-1-2-12(21)7-16/h1,4-6,12-13,21H,2-3,7-8H2,(H2,19,22). The van der Waals surface area contributed by atoms with E-state index in [0.717, 1.165) is 17.0 Å². The minimum absolute atomic E-state index is 0.0340. The van der Waals surface area contributed by atoms with E-state index in [0.29, 0.717) is 18.9 Å². The third kappa shape index (κ3) is 2.69. The molecule has 0 bridgehead atoms. The predicted molar refractivity (Wildman–Crippen MR) is 78.0 cm³/mol. The number of halogens is 2. The lowest BCUT2D eigenvalue weighted by Gasteiger charge is -2.34. The van der Waals surface area contributed by atoms with E-state index in [-0.39, 0.29) is 18.5 Å². The van der Waals surface area contributed by atoms with Crippen molar-refractivity contribution in [1.29, 1.82) is 0 Å². The van der Waals surface area contributed by atoms with Gasteiger partial charge >= 0.3 is 0 Å². The van der Waals surface area contributed by atoms with Gasteiger partial charge in [0.2, 0.25) is 11.8 Å². The van der Waals surface area contributed by atoms with Crippen LogP contribution in [-0.2, 0) is 9.59 Å². The van der Waals surface area contributed by atoms with Gasteiger partial charge in [-0.3, -0.25) is 14.5 Å². The lowest BCUT2D eigenvalue weighted by molar-refractivity contribution is -0.128. The highest BCUT2D eigenvalue weighted by Crippen LogP contribution is 2.48. The van der Waals surface area contributed by atoms with Gasteiger partial charge in [0, 0.05) is 6.07 Å². The summed E-state index contributed by atoms with van der Waals surface area (Å²) in [5.41, 5.74) is 4.42. The van der Waals surface area contributed by atoms with Crippen LogP contribution in [0.1, 0.15) is 25.7 Å². The molecule has 3 unspecified atom stereocenters. The molecule has 1 aliphatic carbocycles. The van der Waals surface area contributed by atoms with Crippen LogP contribution in [0.4, 0.5) is 14.5 Å². The van der Waals surface area contributed by atoms with Gasteiger partial charge in [0.25, 0.3) is 0 Å².